The molecular weight excluding hydrogens is 533 g/mol. The van der Waals surface area contributed by atoms with Crippen LogP contribution in [0.15, 0.2) is 23.5 Å². The van der Waals surface area contributed by atoms with Crippen LogP contribution < -0.4 is 10.2 Å². The van der Waals surface area contributed by atoms with Gasteiger partial charge in [0.2, 0.25) is 5.95 Å². The van der Waals surface area contributed by atoms with E-state index in [9.17, 15) is 0 Å². The summed E-state index contributed by atoms with van der Waals surface area (Å²) in [6.45, 7) is 9.56. The molecule has 1 N–H and O–H groups in total. The van der Waals surface area contributed by atoms with Crippen molar-refractivity contribution in [2.45, 2.75) is 44.3 Å². The first kappa shape index (κ1) is 26.4. The van der Waals surface area contributed by atoms with Crippen molar-refractivity contribution in [3.8, 4) is 0 Å². The predicted octanol–water partition coefficient (Wildman–Crippen LogP) is 1.84. The predicted molar refractivity (Wildman–Crippen MR) is 142 cm³/mol. The Labute approximate surface area is 215 Å². The second-order valence-corrected chi connectivity index (χ2v) is 8.86. The molecule has 0 aromatic carbocycles. The Kier molecular flexibility index (Phi) is 11.4. The maximum Gasteiger partial charge on any atom is 0.225 e. The van der Waals surface area contributed by atoms with Gasteiger partial charge in [0, 0.05) is 78.4 Å². The summed E-state index contributed by atoms with van der Waals surface area (Å²) in [5, 5.41) is 3.56. The molecular formula is C23H40IN7O2. The monoisotopic (exact) mass is 573 g/mol. The minimum atomic E-state index is 0. The zero-order valence-corrected chi connectivity index (χ0v) is 22.2. The average Bonchev–Trinajstić information content (AvgIpc) is 2.87. The topological polar surface area (TPSA) is 78.4 Å². The lowest BCUT2D eigenvalue weighted by atomic mass is 10.1. The number of rotatable bonds is 7. The number of piperazine rings is 1. The standard InChI is InChI=1S/C23H39N7O2.HI/c1-24-22(29-11-6-20(7-12-29)32-19-21-5-2-3-18-31-21)27-10-13-28-14-16-30(17-15-28)23-25-8-4-9-26-23;/h4,8-9,20-21H,2-3,5-7,10-19H2,1H3,(H,24,27);1H. The zero-order chi connectivity index (χ0) is 22.0. The fourth-order valence-electron chi connectivity index (χ4n) is 4.70. The molecule has 3 fully saturated rings. The van der Waals surface area contributed by atoms with Crippen molar-refractivity contribution >= 4 is 35.9 Å². The Hall–Kier alpha value is -1.24. The Morgan fingerprint density at radius 1 is 1.09 bits per heavy atom. The highest BCUT2D eigenvalue weighted by Gasteiger charge is 2.24. The quantitative estimate of drug-likeness (QED) is 0.301. The molecule has 9 nitrogen and oxygen atoms in total. The number of piperidine rings is 1. The molecule has 3 aliphatic rings. The summed E-state index contributed by atoms with van der Waals surface area (Å²) in [5.74, 6) is 1.85. The van der Waals surface area contributed by atoms with E-state index >= 15 is 0 Å². The fourth-order valence-corrected chi connectivity index (χ4v) is 4.70. The van der Waals surface area contributed by atoms with Gasteiger partial charge in [-0.15, -0.1) is 24.0 Å². The van der Waals surface area contributed by atoms with Crippen molar-refractivity contribution < 1.29 is 9.47 Å². The molecule has 1 unspecified atom stereocenters. The first-order valence-electron chi connectivity index (χ1n) is 12.2. The van der Waals surface area contributed by atoms with Crippen LogP contribution in [0.5, 0.6) is 0 Å². The summed E-state index contributed by atoms with van der Waals surface area (Å²) >= 11 is 0. The number of aromatic nitrogens is 2. The maximum absolute atomic E-state index is 6.15. The van der Waals surface area contributed by atoms with E-state index in [2.05, 4.69) is 35.0 Å². The van der Waals surface area contributed by atoms with Crippen LogP contribution >= 0.6 is 24.0 Å². The molecule has 4 rings (SSSR count). The SMILES string of the molecule is CN=C(NCCN1CCN(c2ncccn2)CC1)N1CCC(OCC2CCCCO2)CC1.I. The van der Waals surface area contributed by atoms with Crippen molar-refractivity contribution in [2.24, 2.45) is 4.99 Å². The van der Waals surface area contributed by atoms with Crippen LogP contribution in [0.1, 0.15) is 32.1 Å². The third-order valence-corrected chi connectivity index (χ3v) is 6.66. The zero-order valence-electron chi connectivity index (χ0n) is 19.9. The van der Waals surface area contributed by atoms with Crippen molar-refractivity contribution in [3.05, 3.63) is 18.5 Å². The molecule has 0 spiro atoms. The van der Waals surface area contributed by atoms with Gasteiger partial charge in [0.15, 0.2) is 5.96 Å². The van der Waals surface area contributed by atoms with Gasteiger partial charge < -0.3 is 24.6 Å². The van der Waals surface area contributed by atoms with Crippen molar-refractivity contribution in [1.82, 2.24) is 25.1 Å². The molecule has 1 aromatic heterocycles. The number of likely N-dealkylation sites (tertiary alicyclic amines) is 1. The number of aliphatic imine (C=N–C) groups is 1. The summed E-state index contributed by atoms with van der Waals surface area (Å²) in [5.41, 5.74) is 0. The number of hydrogen-bond donors (Lipinski definition) is 1. The van der Waals surface area contributed by atoms with Gasteiger partial charge in [-0.3, -0.25) is 9.89 Å². The number of nitrogens with zero attached hydrogens (tertiary/aromatic N) is 6. The molecule has 33 heavy (non-hydrogen) atoms. The van der Waals surface area contributed by atoms with E-state index in [4.69, 9.17) is 9.47 Å². The van der Waals surface area contributed by atoms with E-state index < -0.39 is 0 Å². The van der Waals surface area contributed by atoms with Crippen LogP contribution in [0, 0.1) is 0 Å². The van der Waals surface area contributed by atoms with Gasteiger partial charge in [0.05, 0.1) is 18.8 Å². The fraction of sp³-hybridized carbons (Fsp3) is 0.783. The van der Waals surface area contributed by atoms with Crippen LogP contribution in [0.2, 0.25) is 0 Å². The normalized spacial score (nSPS) is 23.3. The van der Waals surface area contributed by atoms with Crippen LogP contribution in [0.4, 0.5) is 5.95 Å². The van der Waals surface area contributed by atoms with Gasteiger partial charge in [0.25, 0.3) is 0 Å². The van der Waals surface area contributed by atoms with E-state index in [-0.39, 0.29) is 24.0 Å². The molecule has 3 saturated heterocycles. The van der Waals surface area contributed by atoms with E-state index in [0.717, 1.165) is 96.7 Å². The largest absolute Gasteiger partial charge is 0.376 e. The molecule has 10 heteroatoms. The molecule has 0 aliphatic carbocycles. The number of hydrogen-bond acceptors (Lipinski definition) is 7. The summed E-state index contributed by atoms with van der Waals surface area (Å²) in [6, 6.07) is 1.86. The lowest BCUT2D eigenvalue weighted by Crippen LogP contribution is -2.51. The molecule has 3 aliphatic heterocycles. The minimum Gasteiger partial charge on any atom is -0.376 e. The van der Waals surface area contributed by atoms with Crippen LogP contribution in [-0.4, -0.2) is 111 Å². The van der Waals surface area contributed by atoms with Crippen LogP contribution in [0.3, 0.4) is 0 Å². The second-order valence-electron chi connectivity index (χ2n) is 8.86. The Morgan fingerprint density at radius 2 is 1.85 bits per heavy atom. The smallest absolute Gasteiger partial charge is 0.225 e. The molecule has 1 aromatic rings. The van der Waals surface area contributed by atoms with Gasteiger partial charge >= 0.3 is 0 Å². The third-order valence-electron chi connectivity index (χ3n) is 6.66. The lowest BCUT2D eigenvalue weighted by molar-refractivity contribution is -0.0721. The van der Waals surface area contributed by atoms with Gasteiger partial charge in [-0.25, -0.2) is 9.97 Å². The number of halogens is 1. The highest BCUT2D eigenvalue weighted by atomic mass is 127. The van der Waals surface area contributed by atoms with Crippen LogP contribution in [0.25, 0.3) is 0 Å². The highest BCUT2D eigenvalue weighted by molar-refractivity contribution is 14.0. The van der Waals surface area contributed by atoms with Crippen molar-refractivity contribution in [1.29, 1.82) is 0 Å². The minimum absolute atomic E-state index is 0. The Bertz CT molecular complexity index is 689. The van der Waals surface area contributed by atoms with Gasteiger partial charge in [0.1, 0.15) is 0 Å². The first-order valence-corrected chi connectivity index (χ1v) is 12.2. The first-order chi connectivity index (χ1) is 15.8. The van der Waals surface area contributed by atoms with Gasteiger partial charge in [-0.2, -0.15) is 0 Å². The second kappa shape index (κ2) is 14.2. The Balaban J connectivity index is 0.00000306. The van der Waals surface area contributed by atoms with Crippen molar-refractivity contribution in [2.75, 3.05) is 77.5 Å². The molecule has 0 bridgehead atoms. The number of anilines is 1. The highest BCUT2D eigenvalue weighted by Crippen LogP contribution is 2.18. The maximum atomic E-state index is 6.15. The van der Waals surface area contributed by atoms with E-state index in [1.807, 2.05) is 25.5 Å². The van der Waals surface area contributed by atoms with Crippen LogP contribution in [-0.2, 0) is 9.47 Å². The molecule has 186 valence electrons. The average molecular weight is 574 g/mol. The Morgan fingerprint density at radius 3 is 2.52 bits per heavy atom. The molecule has 4 heterocycles. The third kappa shape index (κ3) is 8.18. The van der Waals surface area contributed by atoms with E-state index in [1.165, 1.54) is 12.8 Å². The molecule has 1 atom stereocenters. The number of nitrogens with one attached hydrogen (secondary N) is 1. The lowest BCUT2D eigenvalue weighted by Gasteiger charge is -2.36. The summed E-state index contributed by atoms with van der Waals surface area (Å²) in [6.07, 6.45) is 9.98. The van der Waals surface area contributed by atoms with E-state index in [0.29, 0.717) is 12.2 Å². The summed E-state index contributed by atoms with van der Waals surface area (Å²) in [4.78, 5) is 20.4. The summed E-state index contributed by atoms with van der Waals surface area (Å²) < 4.78 is 11.9. The molecule has 0 amide bonds. The van der Waals surface area contributed by atoms with E-state index in [1.54, 1.807) is 0 Å². The number of guanidine groups is 1. The van der Waals surface area contributed by atoms with Gasteiger partial charge in [-0.1, -0.05) is 0 Å². The molecule has 0 radical (unpaired) electrons. The molecule has 0 saturated carbocycles. The van der Waals surface area contributed by atoms with Gasteiger partial charge in [-0.05, 0) is 38.2 Å². The summed E-state index contributed by atoms with van der Waals surface area (Å²) in [7, 11) is 1.88. The van der Waals surface area contributed by atoms with Crippen molar-refractivity contribution in [3.63, 3.8) is 0 Å². The number of ether oxygens (including phenoxy) is 2.